The van der Waals surface area contributed by atoms with Crippen LogP contribution in [0.4, 0.5) is 0 Å². The van der Waals surface area contributed by atoms with E-state index in [1.54, 1.807) is 11.8 Å². The Morgan fingerprint density at radius 1 is 1.27 bits per heavy atom. The Labute approximate surface area is 137 Å². The van der Waals surface area contributed by atoms with Gasteiger partial charge in [-0.2, -0.15) is 0 Å². The molecule has 1 aliphatic heterocycles. The van der Waals surface area contributed by atoms with E-state index in [9.17, 15) is 4.79 Å². The lowest BCUT2D eigenvalue weighted by atomic mass is 9.91. The molecule has 5 heteroatoms. The monoisotopic (exact) mass is 325 g/mol. The van der Waals surface area contributed by atoms with Crippen LogP contribution in [0.15, 0.2) is 29.2 Å². The van der Waals surface area contributed by atoms with Gasteiger partial charge in [0.25, 0.3) is 0 Å². The van der Waals surface area contributed by atoms with Crippen LogP contribution in [0.2, 0.25) is 0 Å². The van der Waals surface area contributed by atoms with Crippen molar-refractivity contribution >= 4 is 17.5 Å². The number of Topliss-reactive ketones (excluding diaryl/α,β-unsaturated/α-hetero) is 1. The topological polar surface area (TPSA) is 49.8 Å². The SMILES string of the molecule is C.CC(C)(C(=O)c1ccc(SCCO)cc1)N1CCOCC1. The molecule has 1 fully saturated rings. The summed E-state index contributed by atoms with van der Waals surface area (Å²) in [5.74, 6) is 0.815. The van der Waals surface area contributed by atoms with E-state index >= 15 is 0 Å². The molecular weight excluding hydrogens is 298 g/mol. The van der Waals surface area contributed by atoms with Crippen molar-refractivity contribution in [2.75, 3.05) is 38.7 Å². The molecule has 0 bridgehead atoms. The number of hydrogen-bond donors (Lipinski definition) is 1. The number of benzene rings is 1. The highest BCUT2D eigenvalue weighted by molar-refractivity contribution is 7.99. The summed E-state index contributed by atoms with van der Waals surface area (Å²) < 4.78 is 5.36. The minimum atomic E-state index is -0.510. The lowest BCUT2D eigenvalue weighted by Crippen LogP contribution is -2.54. The van der Waals surface area contributed by atoms with Crippen molar-refractivity contribution in [2.24, 2.45) is 0 Å². The second-order valence-corrected chi connectivity index (χ2v) is 6.75. The molecule has 22 heavy (non-hydrogen) atoms. The number of hydrogen-bond acceptors (Lipinski definition) is 5. The summed E-state index contributed by atoms with van der Waals surface area (Å²) in [7, 11) is 0. The number of morpholine rings is 1. The molecule has 0 unspecified atom stereocenters. The fraction of sp³-hybridized carbons (Fsp3) is 0.588. The summed E-state index contributed by atoms with van der Waals surface area (Å²) in [5, 5.41) is 8.83. The van der Waals surface area contributed by atoms with Gasteiger partial charge in [-0.15, -0.1) is 11.8 Å². The van der Waals surface area contributed by atoms with E-state index in [1.807, 2.05) is 38.1 Å². The van der Waals surface area contributed by atoms with Gasteiger partial charge >= 0.3 is 0 Å². The number of thioether (sulfide) groups is 1. The van der Waals surface area contributed by atoms with Crippen molar-refractivity contribution in [1.29, 1.82) is 0 Å². The quantitative estimate of drug-likeness (QED) is 0.644. The third kappa shape index (κ3) is 4.56. The molecule has 1 heterocycles. The highest BCUT2D eigenvalue weighted by Gasteiger charge is 2.35. The van der Waals surface area contributed by atoms with Gasteiger partial charge in [0.2, 0.25) is 0 Å². The van der Waals surface area contributed by atoms with Gasteiger partial charge in [-0.05, 0) is 26.0 Å². The molecule has 1 aromatic carbocycles. The number of carbonyl (C=O) groups excluding carboxylic acids is 1. The Morgan fingerprint density at radius 3 is 2.41 bits per heavy atom. The summed E-state index contributed by atoms with van der Waals surface area (Å²) in [5.41, 5.74) is 0.226. The lowest BCUT2D eigenvalue weighted by Gasteiger charge is -2.39. The van der Waals surface area contributed by atoms with Gasteiger partial charge in [0.15, 0.2) is 5.78 Å². The number of carbonyl (C=O) groups is 1. The predicted octanol–water partition coefficient (Wildman–Crippen LogP) is 2.70. The molecule has 124 valence electrons. The average molecular weight is 325 g/mol. The maximum atomic E-state index is 12.8. The Bertz CT molecular complexity index is 467. The highest BCUT2D eigenvalue weighted by atomic mass is 32.2. The van der Waals surface area contributed by atoms with Crippen molar-refractivity contribution in [1.82, 2.24) is 4.90 Å². The van der Waals surface area contributed by atoms with Crippen LogP contribution in [-0.2, 0) is 4.74 Å². The first-order chi connectivity index (χ1) is 10.1. The third-order valence-corrected chi connectivity index (χ3v) is 4.83. The number of rotatable bonds is 6. The van der Waals surface area contributed by atoms with Crippen molar-refractivity contribution in [2.45, 2.75) is 31.7 Å². The first-order valence-corrected chi connectivity index (χ1v) is 8.25. The largest absolute Gasteiger partial charge is 0.396 e. The summed E-state index contributed by atoms with van der Waals surface area (Å²) >= 11 is 1.59. The fourth-order valence-corrected chi connectivity index (χ4v) is 3.14. The first-order valence-electron chi connectivity index (χ1n) is 7.27. The standard InChI is InChI=1S/C16H23NO3S.CH4/c1-16(2,17-7-10-20-11-8-17)15(19)13-3-5-14(6-4-13)21-12-9-18;/h3-6,18H,7-12H2,1-2H3;1H4. The second kappa shape index (κ2) is 8.67. The molecule has 0 spiro atoms. The number of nitrogens with zero attached hydrogens (tertiary/aromatic N) is 1. The normalized spacial score (nSPS) is 16.1. The van der Waals surface area contributed by atoms with Crippen LogP contribution in [0.5, 0.6) is 0 Å². The van der Waals surface area contributed by atoms with Crippen molar-refractivity contribution in [3.63, 3.8) is 0 Å². The zero-order chi connectivity index (χ0) is 15.3. The summed E-state index contributed by atoms with van der Waals surface area (Å²) in [6.07, 6.45) is 0. The van der Waals surface area contributed by atoms with E-state index in [4.69, 9.17) is 9.84 Å². The van der Waals surface area contributed by atoms with Gasteiger partial charge in [-0.25, -0.2) is 0 Å². The Kier molecular flexibility index (Phi) is 7.56. The molecule has 0 aromatic heterocycles. The van der Waals surface area contributed by atoms with Crippen molar-refractivity contribution in [3.8, 4) is 0 Å². The zero-order valence-electron chi connectivity index (χ0n) is 12.7. The molecule has 1 N–H and O–H groups in total. The summed E-state index contributed by atoms with van der Waals surface area (Å²) in [4.78, 5) is 16.0. The molecule has 1 saturated heterocycles. The van der Waals surface area contributed by atoms with Gasteiger partial charge < -0.3 is 9.84 Å². The van der Waals surface area contributed by atoms with Crippen LogP contribution >= 0.6 is 11.8 Å². The van der Waals surface area contributed by atoms with E-state index in [1.165, 1.54) is 0 Å². The number of ether oxygens (including phenoxy) is 1. The molecular formula is C17H27NO3S. The zero-order valence-corrected chi connectivity index (χ0v) is 13.5. The number of aliphatic hydroxyl groups is 1. The molecule has 4 nitrogen and oxygen atoms in total. The van der Waals surface area contributed by atoms with Gasteiger partial charge in [-0.3, -0.25) is 9.69 Å². The van der Waals surface area contributed by atoms with Crippen LogP contribution < -0.4 is 0 Å². The van der Waals surface area contributed by atoms with Gasteiger partial charge in [0.1, 0.15) is 0 Å². The average Bonchev–Trinajstić information content (AvgIpc) is 2.53. The van der Waals surface area contributed by atoms with E-state index in [0.717, 1.165) is 23.5 Å². The Morgan fingerprint density at radius 2 is 1.86 bits per heavy atom. The van der Waals surface area contributed by atoms with Crippen LogP contribution in [0.3, 0.4) is 0 Å². The number of aliphatic hydroxyl groups excluding tert-OH is 1. The van der Waals surface area contributed by atoms with Crippen LogP contribution in [0, 0.1) is 0 Å². The van der Waals surface area contributed by atoms with Gasteiger partial charge in [0.05, 0.1) is 25.4 Å². The first kappa shape index (κ1) is 19.2. The Balaban J connectivity index is 0.00000242. The van der Waals surface area contributed by atoms with Crippen molar-refractivity contribution < 1.29 is 14.6 Å². The van der Waals surface area contributed by atoms with Crippen LogP contribution in [0.1, 0.15) is 31.6 Å². The van der Waals surface area contributed by atoms with Gasteiger partial charge in [0, 0.05) is 29.3 Å². The maximum Gasteiger partial charge on any atom is 0.182 e. The Hall–Kier alpha value is -0.880. The maximum absolute atomic E-state index is 12.8. The molecule has 1 aliphatic rings. The second-order valence-electron chi connectivity index (χ2n) is 5.58. The summed E-state index contributed by atoms with van der Waals surface area (Å²) in [6, 6.07) is 7.65. The number of ketones is 1. The lowest BCUT2D eigenvalue weighted by molar-refractivity contribution is -0.00430. The minimum Gasteiger partial charge on any atom is -0.396 e. The van der Waals surface area contributed by atoms with Crippen LogP contribution in [0.25, 0.3) is 0 Å². The van der Waals surface area contributed by atoms with E-state index in [2.05, 4.69) is 4.90 Å². The molecule has 0 aliphatic carbocycles. The van der Waals surface area contributed by atoms with Crippen LogP contribution in [-0.4, -0.2) is 60.0 Å². The third-order valence-electron chi connectivity index (χ3n) is 3.83. The molecule has 2 rings (SSSR count). The minimum absolute atomic E-state index is 0. The summed E-state index contributed by atoms with van der Waals surface area (Å²) in [6.45, 7) is 7.09. The fourth-order valence-electron chi connectivity index (χ4n) is 2.49. The molecule has 1 aromatic rings. The molecule has 0 atom stereocenters. The van der Waals surface area contributed by atoms with Gasteiger partial charge in [-0.1, -0.05) is 19.6 Å². The van der Waals surface area contributed by atoms with E-state index in [0.29, 0.717) is 19.0 Å². The molecule has 0 radical (unpaired) electrons. The predicted molar refractivity (Wildman–Crippen MR) is 91.8 cm³/mol. The molecule has 0 saturated carbocycles. The van der Waals surface area contributed by atoms with Crippen molar-refractivity contribution in [3.05, 3.63) is 29.8 Å². The van der Waals surface area contributed by atoms with E-state index < -0.39 is 5.54 Å². The highest BCUT2D eigenvalue weighted by Crippen LogP contribution is 2.24. The smallest absolute Gasteiger partial charge is 0.182 e. The van der Waals surface area contributed by atoms with E-state index in [-0.39, 0.29) is 19.8 Å². The molecule has 0 amide bonds.